The van der Waals surface area contributed by atoms with Crippen LogP contribution in [-0.2, 0) is 4.79 Å². The molecule has 2 bridgehead atoms. The van der Waals surface area contributed by atoms with Crippen LogP contribution < -0.4 is 5.32 Å². The Hall–Kier alpha value is -0.130. The highest BCUT2D eigenvalue weighted by Crippen LogP contribution is 2.64. The van der Waals surface area contributed by atoms with Gasteiger partial charge in [0.15, 0.2) is 0 Å². The fourth-order valence-corrected chi connectivity index (χ4v) is 8.94. The lowest BCUT2D eigenvalue weighted by atomic mass is 9.67. The molecule has 124 valence electrons. The number of halogens is 1. The standard InChI is InChI=1S/C18H22BrNOS2/c19-15-6-1-2-7-16(15)20-17(21)12-10-13-4-3-5-14(11-12)18(13)22-8-9-23-18/h1-2,6-7,12-14H,3-5,8-11H2,(H,20,21). The number of rotatable bonds is 2. The first kappa shape index (κ1) is 16.3. The predicted molar refractivity (Wildman–Crippen MR) is 104 cm³/mol. The van der Waals surface area contributed by atoms with Gasteiger partial charge in [0.2, 0.25) is 5.91 Å². The van der Waals surface area contributed by atoms with E-state index in [1.54, 1.807) is 0 Å². The number of thioether (sulfide) groups is 2. The second kappa shape index (κ2) is 6.64. The Kier molecular flexibility index (Phi) is 4.72. The van der Waals surface area contributed by atoms with Crippen molar-refractivity contribution in [3.8, 4) is 0 Å². The van der Waals surface area contributed by atoms with Gasteiger partial charge in [-0.3, -0.25) is 4.79 Å². The smallest absolute Gasteiger partial charge is 0.227 e. The molecule has 0 aromatic heterocycles. The lowest BCUT2D eigenvalue weighted by Gasteiger charge is -2.52. The Morgan fingerprint density at radius 3 is 2.43 bits per heavy atom. The monoisotopic (exact) mass is 411 g/mol. The Balaban J connectivity index is 1.49. The molecule has 2 aliphatic carbocycles. The zero-order valence-corrected chi connectivity index (χ0v) is 16.3. The number of hydrogen-bond donors (Lipinski definition) is 1. The summed E-state index contributed by atoms with van der Waals surface area (Å²) in [4.78, 5) is 12.8. The van der Waals surface area contributed by atoms with Crippen molar-refractivity contribution in [2.75, 3.05) is 16.8 Å². The number of anilines is 1. The summed E-state index contributed by atoms with van der Waals surface area (Å²) in [5.41, 5.74) is 0.896. The van der Waals surface area contributed by atoms with E-state index in [1.165, 1.54) is 30.8 Å². The van der Waals surface area contributed by atoms with Crippen LogP contribution in [0.1, 0.15) is 32.1 Å². The van der Waals surface area contributed by atoms with Gasteiger partial charge >= 0.3 is 0 Å². The number of hydrogen-bond acceptors (Lipinski definition) is 3. The van der Waals surface area contributed by atoms with E-state index in [4.69, 9.17) is 0 Å². The van der Waals surface area contributed by atoms with Gasteiger partial charge in [-0.25, -0.2) is 0 Å². The molecule has 3 fully saturated rings. The maximum atomic E-state index is 12.8. The number of carbonyl (C=O) groups is 1. The van der Waals surface area contributed by atoms with Crippen LogP contribution in [0.3, 0.4) is 0 Å². The van der Waals surface area contributed by atoms with E-state index in [0.29, 0.717) is 4.08 Å². The van der Waals surface area contributed by atoms with E-state index in [0.717, 1.165) is 34.8 Å². The third-order valence-corrected chi connectivity index (χ3v) is 10.3. The largest absolute Gasteiger partial charge is 0.325 e. The fourth-order valence-electron chi connectivity index (χ4n) is 4.62. The van der Waals surface area contributed by atoms with Crippen LogP contribution in [0.5, 0.6) is 0 Å². The maximum absolute atomic E-state index is 12.8. The zero-order chi connectivity index (χ0) is 15.9. The van der Waals surface area contributed by atoms with Crippen molar-refractivity contribution in [1.29, 1.82) is 0 Å². The predicted octanol–water partition coefficient (Wildman–Crippen LogP) is 5.39. The topological polar surface area (TPSA) is 29.1 Å². The average Bonchev–Trinajstić information content (AvgIpc) is 2.99. The molecule has 4 rings (SSSR count). The Morgan fingerprint density at radius 2 is 1.78 bits per heavy atom. The molecule has 1 saturated heterocycles. The number of benzene rings is 1. The summed E-state index contributed by atoms with van der Waals surface area (Å²) in [6.45, 7) is 0. The van der Waals surface area contributed by atoms with Gasteiger partial charge in [0.05, 0.1) is 9.77 Å². The lowest BCUT2D eigenvalue weighted by molar-refractivity contribution is -0.122. The first-order chi connectivity index (χ1) is 11.2. The summed E-state index contributed by atoms with van der Waals surface area (Å²) >= 11 is 7.93. The van der Waals surface area contributed by atoms with Gasteiger partial charge < -0.3 is 5.32 Å². The summed E-state index contributed by atoms with van der Waals surface area (Å²) in [7, 11) is 0. The van der Waals surface area contributed by atoms with E-state index >= 15 is 0 Å². The molecule has 1 heterocycles. The van der Waals surface area contributed by atoms with Crippen molar-refractivity contribution in [3.63, 3.8) is 0 Å². The van der Waals surface area contributed by atoms with Crippen LogP contribution in [0.25, 0.3) is 0 Å². The van der Waals surface area contributed by atoms with Crippen LogP contribution in [0, 0.1) is 17.8 Å². The molecule has 0 radical (unpaired) electrons. The third-order valence-electron chi connectivity index (χ3n) is 5.62. The highest BCUT2D eigenvalue weighted by Gasteiger charge is 2.55. The van der Waals surface area contributed by atoms with Gasteiger partial charge in [0, 0.05) is 21.9 Å². The molecule has 2 nitrogen and oxygen atoms in total. The summed E-state index contributed by atoms with van der Waals surface area (Å²) in [5, 5.41) is 3.15. The number of para-hydroxylation sites is 1. The van der Waals surface area contributed by atoms with Crippen LogP contribution >= 0.6 is 39.5 Å². The summed E-state index contributed by atoms with van der Waals surface area (Å²) < 4.78 is 1.41. The van der Waals surface area contributed by atoms with E-state index in [9.17, 15) is 4.79 Å². The summed E-state index contributed by atoms with van der Waals surface area (Å²) in [6.07, 6.45) is 6.14. The third kappa shape index (κ3) is 2.98. The number of amides is 1. The summed E-state index contributed by atoms with van der Waals surface area (Å²) in [6, 6.07) is 7.89. The van der Waals surface area contributed by atoms with Crippen LogP contribution in [0.4, 0.5) is 5.69 Å². The van der Waals surface area contributed by atoms with Gasteiger partial charge in [-0.2, -0.15) is 0 Å². The molecule has 1 aromatic carbocycles. The van der Waals surface area contributed by atoms with Gasteiger partial charge in [-0.1, -0.05) is 18.6 Å². The Labute approximate surface area is 155 Å². The van der Waals surface area contributed by atoms with Gasteiger partial charge in [0.25, 0.3) is 0 Å². The van der Waals surface area contributed by atoms with Crippen LogP contribution in [0.2, 0.25) is 0 Å². The van der Waals surface area contributed by atoms with E-state index in [-0.39, 0.29) is 11.8 Å². The molecule has 1 aromatic rings. The molecule has 1 N–H and O–H groups in total. The number of nitrogens with one attached hydrogen (secondary N) is 1. The number of carbonyl (C=O) groups excluding carboxylic acids is 1. The SMILES string of the molecule is O=C(Nc1ccccc1Br)C1CC2CCCC(C1)C21SCCS1. The second-order valence-corrected chi connectivity index (χ2v) is 10.7. The van der Waals surface area contributed by atoms with Crippen molar-refractivity contribution in [1.82, 2.24) is 0 Å². The minimum Gasteiger partial charge on any atom is -0.325 e. The first-order valence-electron chi connectivity index (χ1n) is 8.52. The van der Waals surface area contributed by atoms with Crippen LogP contribution in [0.15, 0.2) is 28.7 Å². The highest BCUT2D eigenvalue weighted by atomic mass is 79.9. The van der Waals surface area contributed by atoms with Crippen molar-refractivity contribution < 1.29 is 4.79 Å². The van der Waals surface area contributed by atoms with Gasteiger partial charge in [-0.15, -0.1) is 23.5 Å². The molecule has 1 aliphatic heterocycles. The zero-order valence-electron chi connectivity index (χ0n) is 13.1. The molecule has 23 heavy (non-hydrogen) atoms. The second-order valence-electron chi connectivity index (χ2n) is 6.88. The van der Waals surface area contributed by atoms with Crippen LogP contribution in [-0.4, -0.2) is 21.5 Å². The molecule has 2 saturated carbocycles. The molecule has 2 atom stereocenters. The van der Waals surface area contributed by atoms with E-state index in [2.05, 4.69) is 44.8 Å². The highest BCUT2D eigenvalue weighted by molar-refractivity contribution is 9.10. The minimum atomic E-state index is 0.185. The summed E-state index contributed by atoms with van der Waals surface area (Å²) in [5.74, 6) is 4.45. The lowest BCUT2D eigenvalue weighted by Crippen LogP contribution is -2.48. The quantitative estimate of drug-likeness (QED) is 0.706. The normalized spacial score (nSPS) is 32.0. The molecule has 1 amide bonds. The Bertz CT molecular complexity index is 586. The van der Waals surface area contributed by atoms with Crippen molar-refractivity contribution in [2.45, 2.75) is 36.2 Å². The van der Waals surface area contributed by atoms with Gasteiger partial charge in [-0.05, 0) is 65.6 Å². The van der Waals surface area contributed by atoms with E-state index in [1.807, 2.05) is 24.3 Å². The Morgan fingerprint density at radius 1 is 1.13 bits per heavy atom. The molecule has 3 aliphatic rings. The van der Waals surface area contributed by atoms with Gasteiger partial charge in [0.1, 0.15) is 0 Å². The van der Waals surface area contributed by atoms with Crippen molar-refractivity contribution >= 4 is 51.0 Å². The fraction of sp³-hybridized carbons (Fsp3) is 0.611. The molecular formula is C18H22BrNOS2. The molecule has 5 heteroatoms. The van der Waals surface area contributed by atoms with Crippen molar-refractivity contribution in [2.24, 2.45) is 17.8 Å². The molecule has 2 unspecified atom stereocenters. The first-order valence-corrected chi connectivity index (χ1v) is 11.3. The van der Waals surface area contributed by atoms with E-state index < -0.39 is 0 Å². The molecular weight excluding hydrogens is 390 g/mol. The average molecular weight is 412 g/mol. The maximum Gasteiger partial charge on any atom is 0.227 e. The molecule has 1 spiro atoms. The minimum absolute atomic E-state index is 0.185. The van der Waals surface area contributed by atoms with Crippen molar-refractivity contribution in [3.05, 3.63) is 28.7 Å².